The molecule has 1 amide bonds. The van der Waals surface area contributed by atoms with Crippen LogP contribution in [-0.2, 0) is 4.84 Å². The third-order valence-electron chi connectivity index (χ3n) is 2.26. The summed E-state index contributed by atoms with van der Waals surface area (Å²) in [4.78, 5) is 32.6. The van der Waals surface area contributed by atoms with Gasteiger partial charge in [-0.15, -0.1) is 0 Å². The molecule has 2 aromatic rings. The third kappa shape index (κ3) is 2.46. The predicted octanol–water partition coefficient (Wildman–Crippen LogP) is 0.567. The lowest BCUT2D eigenvalue weighted by Gasteiger charge is -2.12. The van der Waals surface area contributed by atoms with Crippen molar-refractivity contribution in [1.82, 2.24) is 25.0 Å². The molecular weight excluding hydrogens is 234 g/mol. The van der Waals surface area contributed by atoms with E-state index in [-0.39, 0.29) is 11.6 Å². The molecule has 0 radical (unpaired) electrons. The average Bonchev–Trinajstić information content (AvgIpc) is 2.47. The molecule has 92 valence electrons. The summed E-state index contributed by atoms with van der Waals surface area (Å²) in [7, 11) is 2.90. The van der Waals surface area contributed by atoms with Crippen LogP contribution in [0.1, 0.15) is 10.5 Å². The molecule has 7 nitrogen and oxygen atoms in total. The van der Waals surface area contributed by atoms with E-state index in [0.717, 1.165) is 5.06 Å². The quantitative estimate of drug-likeness (QED) is 0.735. The number of amides is 1. The van der Waals surface area contributed by atoms with Crippen molar-refractivity contribution < 1.29 is 9.63 Å². The summed E-state index contributed by atoms with van der Waals surface area (Å²) in [5, 5.41) is 1.08. The van der Waals surface area contributed by atoms with Gasteiger partial charge in [0, 0.05) is 19.4 Å². The largest absolute Gasteiger partial charge is 0.297 e. The van der Waals surface area contributed by atoms with Crippen LogP contribution in [0.5, 0.6) is 0 Å². The Kier molecular flexibility index (Phi) is 3.54. The van der Waals surface area contributed by atoms with Crippen molar-refractivity contribution in [2.75, 3.05) is 14.2 Å². The smallest absolute Gasteiger partial charge is 0.274 e. The van der Waals surface area contributed by atoms with Gasteiger partial charge in [-0.3, -0.25) is 24.6 Å². The van der Waals surface area contributed by atoms with Crippen LogP contribution < -0.4 is 0 Å². The van der Waals surface area contributed by atoms with Crippen molar-refractivity contribution in [1.29, 1.82) is 0 Å². The molecule has 0 saturated carbocycles. The summed E-state index contributed by atoms with van der Waals surface area (Å²) in [6.45, 7) is 0. The summed E-state index contributed by atoms with van der Waals surface area (Å²) < 4.78 is 0. The molecule has 0 fully saturated rings. The molecule has 0 saturated heterocycles. The Balaban J connectivity index is 2.23. The molecule has 0 bridgehead atoms. The van der Waals surface area contributed by atoms with E-state index in [4.69, 9.17) is 4.84 Å². The zero-order valence-corrected chi connectivity index (χ0v) is 9.94. The van der Waals surface area contributed by atoms with Gasteiger partial charge in [-0.05, 0) is 0 Å². The topological polar surface area (TPSA) is 81.1 Å². The Morgan fingerprint density at radius 3 is 2.44 bits per heavy atom. The van der Waals surface area contributed by atoms with Crippen LogP contribution >= 0.6 is 0 Å². The number of hydroxylamine groups is 2. The SMILES string of the molecule is CON(C)C(=O)c1cnc(-c2cnccn2)cn1. The Morgan fingerprint density at radius 1 is 1.11 bits per heavy atom. The summed E-state index contributed by atoms with van der Waals surface area (Å²) in [6.07, 6.45) is 7.56. The van der Waals surface area contributed by atoms with E-state index in [1.54, 1.807) is 18.6 Å². The maximum Gasteiger partial charge on any atom is 0.297 e. The van der Waals surface area contributed by atoms with Crippen LogP contribution in [0.25, 0.3) is 11.4 Å². The minimum absolute atomic E-state index is 0.201. The maximum absolute atomic E-state index is 11.7. The first-order valence-electron chi connectivity index (χ1n) is 5.13. The number of hydrogen-bond donors (Lipinski definition) is 0. The highest BCUT2D eigenvalue weighted by Crippen LogP contribution is 2.10. The van der Waals surface area contributed by atoms with Gasteiger partial charge in [-0.25, -0.2) is 10.0 Å². The van der Waals surface area contributed by atoms with Gasteiger partial charge < -0.3 is 0 Å². The Labute approximate surface area is 103 Å². The van der Waals surface area contributed by atoms with Crippen LogP contribution in [0.2, 0.25) is 0 Å². The average molecular weight is 245 g/mol. The van der Waals surface area contributed by atoms with Gasteiger partial charge in [0.1, 0.15) is 17.1 Å². The maximum atomic E-state index is 11.7. The number of carbonyl (C=O) groups excluding carboxylic acids is 1. The molecule has 7 heteroatoms. The molecule has 0 N–H and O–H groups in total. The van der Waals surface area contributed by atoms with Gasteiger partial charge in [0.05, 0.1) is 25.7 Å². The number of carbonyl (C=O) groups is 1. The molecule has 0 spiro atoms. The zero-order chi connectivity index (χ0) is 13.0. The second kappa shape index (κ2) is 5.28. The summed E-state index contributed by atoms with van der Waals surface area (Å²) in [5.74, 6) is -0.365. The summed E-state index contributed by atoms with van der Waals surface area (Å²) >= 11 is 0. The summed E-state index contributed by atoms with van der Waals surface area (Å²) in [5.41, 5.74) is 1.36. The first kappa shape index (κ1) is 12.1. The third-order valence-corrected chi connectivity index (χ3v) is 2.26. The van der Waals surface area contributed by atoms with Gasteiger partial charge in [-0.2, -0.15) is 0 Å². The predicted molar refractivity (Wildman–Crippen MR) is 62.2 cm³/mol. The van der Waals surface area contributed by atoms with Crippen molar-refractivity contribution in [3.63, 3.8) is 0 Å². The lowest BCUT2D eigenvalue weighted by Crippen LogP contribution is -2.26. The first-order valence-corrected chi connectivity index (χ1v) is 5.13. The molecule has 0 aliphatic heterocycles. The minimum atomic E-state index is -0.365. The van der Waals surface area contributed by atoms with E-state index in [1.165, 1.54) is 26.6 Å². The van der Waals surface area contributed by atoms with E-state index in [2.05, 4.69) is 19.9 Å². The number of aromatic nitrogens is 4. The lowest BCUT2D eigenvalue weighted by molar-refractivity contribution is -0.0760. The van der Waals surface area contributed by atoms with Crippen molar-refractivity contribution in [2.45, 2.75) is 0 Å². The van der Waals surface area contributed by atoms with E-state index in [1.807, 2.05) is 0 Å². The molecule has 0 aliphatic carbocycles. The molecule has 2 rings (SSSR count). The fourth-order valence-electron chi connectivity index (χ4n) is 1.25. The van der Waals surface area contributed by atoms with Crippen LogP contribution in [0.3, 0.4) is 0 Å². The lowest BCUT2D eigenvalue weighted by atomic mass is 10.3. The zero-order valence-electron chi connectivity index (χ0n) is 9.94. The Morgan fingerprint density at radius 2 is 1.89 bits per heavy atom. The van der Waals surface area contributed by atoms with E-state index >= 15 is 0 Å². The first-order chi connectivity index (χ1) is 8.72. The van der Waals surface area contributed by atoms with E-state index < -0.39 is 0 Å². The molecule has 18 heavy (non-hydrogen) atoms. The van der Waals surface area contributed by atoms with E-state index in [0.29, 0.717) is 11.4 Å². The summed E-state index contributed by atoms with van der Waals surface area (Å²) in [6, 6.07) is 0. The van der Waals surface area contributed by atoms with Crippen LogP contribution in [0.4, 0.5) is 0 Å². The van der Waals surface area contributed by atoms with Crippen LogP contribution in [0, 0.1) is 0 Å². The monoisotopic (exact) mass is 245 g/mol. The van der Waals surface area contributed by atoms with Crippen molar-refractivity contribution in [2.24, 2.45) is 0 Å². The van der Waals surface area contributed by atoms with Crippen LogP contribution in [-0.4, -0.2) is 45.1 Å². The van der Waals surface area contributed by atoms with Gasteiger partial charge >= 0.3 is 0 Å². The molecule has 2 aromatic heterocycles. The highest BCUT2D eigenvalue weighted by Gasteiger charge is 2.13. The van der Waals surface area contributed by atoms with Gasteiger partial charge in [-0.1, -0.05) is 0 Å². The van der Waals surface area contributed by atoms with Crippen molar-refractivity contribution in [3.05, 3.63) is 36.7 Å². The minimum Gasteiger partial charge on any atom is -0.274 e. The number of hydrogen-bond acceptors (Lipinski definition) is 6. The Hall–Kier alpha value is -2.41. The standard InChI is InChI=1S/C11H11N5O2/c1-16(18-2)11(17)10-7-14-9(6-15-10)8-5-12-3-4-13-8/h3-7H,1-2H3. The van der Waals surface area contributed by atoms with Crippen LogP contribution in [0.15, 0.2) is 31.0 Å². The van der Waals surface area contributed by atoms with Gasteiger partial charge in [0.25, 0.3) is 5.91 Å². The molecule has 0 atom stereocenters. The van der Waals surface area contributed by atoms with Crippen molar-refractivity contribution >= 4 is 5.91 Å². The number of nitrogens with zero attached hydrogens (tertiary/aromatic N) is 5. The normalized spacial score (nSPS) is 10.1. The second-order valence-corrected chi connectivity index (χ2v) is 3.36. The highest BCUT2D eigenvalue weighted by atomic mass is 16.7. The Bertz CT molecular complexity index is 529. The highest BCUT2D eigenvalue weighted by molar-refractivity contribution is 5.91. The molecule has 0 aliphatic rings. The fraction of sp³-hybridized carbons (Fsp3) is 0.182. The van der Waals surface area contributed by atoms with Gasteiger partial charge in [0.2, 0.25) is 0 Å². The fourth-order valence-corrected chi connectivity index (χ4v) is 1.25. The molecular formula is C11H11N5O2. The molecule has 0 unspecified atom stereocenters. The second-order valence-electron chi connectivity index (χ2n) is 3.36. The van der Waals surface area contributed by atoms with Gasteiger partial charge in [0.15, 0.2) is 0 Å². The molecule has 2 heterocycles. The van der Waals surface area contributed by atoms with Crippen molar-refractivity contribution in [3.8, 4) is 11.4 Å². The number of rotatable bonds is 3. The molecule has 0 aromatic carbocycles. The van der Waals surface area contributed by atoms with E-state index in [9.17, 15) is 4.79 Å².